The predicted molar refractivity (Wildman–Crippen MR) is 30.7 cm³/mol. The second-order valence-electron chi connectivity index (χ2n) is 1.02. The summed E-state index contributed by atoms with van der Waals surface area (Å²) >= 11 is -0.750. The van der Waals surface area contributed by atoms with Crippen molar-refractivity contribution in [1.29, 1.82) is 0 Å². The molecule has 0 fully saturated rings. The molecular weight excluding hydrogens is 312 g/mol. The Morgan fingerprint density at radius 1 is 0.857 bits per heavy atom. The van der Waals surface area contributed by atoms with Gasteiger partial charge in [-0.3, -0.25) is 0 Å². The van der Waals surface area contributed by atoms with Crippen molar-refractivity contribution in [3.8, 4) is 0 Å². The number of rotatable bonds is 3. The molecule has 0 amide bonds. The van der Waals surface area contributed by atoms with Crippen LogP contribution in [0.25, 0.3) is 0 Å². The molecule has 0 unspecified atom stereocenters. The Bertz CT molecular complexity index is 264. The first-order valence-electron chi connectivity index (χ1n) is 1.83. The summed E-state index contributed by atoms with van der Waals surface area (Å²) in [5.74, 6) is 0. The van der Waals surface area contributed by atoms with Gasteiger partial charge in [0.1, 0.15) is 0 Å². The van der Waals surface area contributed by atoms with E-state index < -0.39 is 33.1 Å². The molecule has 0 radical (unpaired) electrons. The van der Waals surface area contributed by atoms with E-state index in [0.717, 1.165) is 0 Å². The third-order valence-electron chi connectivity index (χ3n) is 0.194. The first-order valence-corrected chi connectivity index (χ1v) is 5.17. The minimum absolute atomic E-state index is 0. The second-order valence-corrected chi connectivity index (χ2v) is 3.06. The van der Waals surface area contributed by atoms with Gasteiger partial charge in [-0.2, -0.15) is 0 Å². The van der Waals surface area contributed by atoms with Gasteiger partial charge in [0.2, 0.25) is 20.8 Å². The molecule has 0 rings (SSSR count). The molecular formula is FeO10S3. The Balaban J connectivity index is -0.000000267. The van der Waals surface area contributed by atoms with Gasteiger partial charge in [0, 0.05) is 0 Å². The van der Waals surface area contributed by atoms with Crippen molar-refractivity contribution in [1.82, 2.24) is 0 Å². The molecule has 10 nitrogen and oxygen atoms in total. The van der Waals surface area contributed by atoms with Crippen LogP contribution in [0.5, 0.6) is 0 Å². The van der Waals surface area contributed by atoms with Gasteiger partial charge in [-0.25, -0.2) is 16.8 Å². The third-order valence-corrected chi connectivity index (χ3v) is 0.750. The van der Waals surface area contributed by atoms with Gasteiger partial charge < -0.3 is 30.5 Å². The molecule has 0 aromatic rings. The second kappa shape index (κ2) is 8.81. The van der Waals surface area contributed by atoms with E-state index in [1.54, 1.807) is 0 Å². The molecule has 0 aromatic heterocycles. The molecule has 0 atom stereocenters. The fraction of sp³-hybridized carbons (Fsp3) is 0. The van der Waals surface area contributed by atoms with Gasteiger partial charge in [-0.1, -0.05) is 0 Å². The summed E-state index contributed by atoms with van der Waals surface area (Å²) < 4.78 is 78.0. The minimum atomic E-state index is -5.31. The van der Waals surface area contributed by atoms with Crippen LogP contribution in [0.15, 0.2) is 0 Å². The van der Waals surface area contributed by atoms with Gasteiger partial charge in [0.05, 0.1) is 0 Å². The van der Waals surface area contributed by atoms with Crippen LogP contribution < -0.4 is 0 Å². The Morgan fingerprint density at radius 2 is 1.00 bits per heavy atom. The quantitative estimate of drug-likeness (QED) is 0.138. The zero-order chi connectivity index (χ0) is 11.1. The van der Waals surface area contributed by atoms with Crippen molar-refractivity contribution in [2.24, 2.45) is 0 Å². The summed E-state index contributed by atoms with van der Waals surface area (Å²) in [5.41, 5.74) is 0. The van der Waals surface area contributed by atoms with Crippen LogP contribution in [0.1, 0.15) is 0 Å². The smallest absolute Gasteiger partial charge is 0.811 e. The van der Waals surface area contributed by atoms with Gasteiger partial charge >= 0.3 is 17.1 Å². The molecule has 0 saturated heterocycles. The number of hydrogen-bond acceptors (Lipinski definition) is 11. The zero-order valence-corrected chi connectivity index (χ0v) is 9.21. The van der Waals surface area contributed by atoms with E-state index in [9.17, 15) is 25.9 Å². The van der Waals surface area contributed by atoms with E-state index in [1.165, 1.54) is 0 Å². The normalized spacial score (nSPS) is 10.9. The molecule has 86 valence electrons. The molecule has 0 bridgehead atoms. The minimum Gasteiger partial charge on any atom is -0.811 e. The van der Waals surface area contributed by atoms with E-state index in [0.29, 0.717) is 0 Å². The maximum Gasteiger partial charge on any atom is 4.00 e. The summed E-state index contributed by atoms with van der Waals surface area (Å²) in [7, 11) is -10.6. The monoisotopic (exact) mass is 312 g/mol. The summed E-state index contributed by atoms with van der Waals surface area (Å²) in [6.45, 7) is 0. The molecule has 0 aliphatic carbocycles. The van der Waals surface area contributed by atoms with Gasteiger partial charge in [0.25, 0.3) is 0 Å². The van der Waals surface area contributed by atoms with Crippen molar-refractivity contribution in [3.63, 3.8) is 0 Å². The molecule has 14 heavy (non-hydrogen) atoms. The maximum atomic E-state index is 9.37. The fourth-order valence-corrected chi connectivity index (χ4v) is 0.612. The predicted octanol–water partition coefficient (Wildman–Crippen LogP) is -2.17. The Labute approximate surface area is 93.9 Å². The van der Waals surface area contributed by atoms with Crippen molar-refractivity contribution < 1.29 is 60.8 Å². The van der Waals surface area contributed by atoms with Crippen LogP contribution in [0.3, 0.4) is 0 Å². The zero-order valence-electron chi connectivity index (χ0n) is 5.66. The topological polar surface area (TPSA) is 179 Å². The van der Waals surface area contributed by atoms with Crippen LogP contribution in [-0.2, 0) is 46.5 Å². The molecule has 0 saturated carbocycles. The van der Waals surface area contributed by atoms with Crippen molar-refractivity contribution in [2.45, 2.75) is 0 Å². The molecule has 0 aliphatic rings. The van der Waals surface area contributed by atoms with Crippen molar-refractivity contribution >= 4 is 33.1 Å². The first-order chi connectivity index (χ1) is 5.62. The Kier molecular flexibility index (Phi) is 12.6. The average molecular weight is 312 g/mol. The van der Waals surface area contributed by atoms with Crippen LogP contribution in [0.2, 0.25) is 0 Å². The average Bonchev–Trinajstić information content (AvgIpc) is 1.82. The summed E-state index contributed by atoms with van der Waals surface area (Å²) in [6, 6.07) is 0. The summed E-state index contributed by atoms with van der Waals surface area (Å²) in [5, 5.41) is 0. The van der Waals surface area contributed by atoms with Crippen molar-refractivity contribution in [3.05, 3.63) is 0 Å². The summed E-state index contributed by atoms with van der Waals surface area (Å²) in [6.07, 6.45) is 0. The van der Waals surface area contributed by atoms with Gasteiger partial charge in [-0.15, -0.1) is 8.67 Å². The van der Waals surface area contributed by atoms with E-state index in [1.807, 2.05) is 0 Å². The van der Waals surface area contributed by atoms with E-state index in [-0.39, 0.29) is 17.1 Å². The molecule has 0 spiro atoms. The molecule has 14 heteroatoms. The van der Waals surface area contributed by atoms with E-state index in [4.69, 9.17) is 9.11 Å². The Hall–Kier alpha value is 0.529. The first kappa shape index (κ1) is 20.0. The molecule has 0 aliphatic heterocycles. The van der Waals surface area contributed by atoms with Crippen LogP contribution >= 0.6 is 12.3 Å². The van der Waals surface area contributed by atoms with Crippen LogP contribution in [-0.4, -0.2) is 35.0 Å². The van der Waals surface area contributed by atoms with Gasteiger partial charge in [-0.05, 0) is 0 Å². The van der Waals surface area contributed by atoms with E-state index >= 15 is 0 Å². The molecule has 0 aromatic carbocycles. The maximum absolute atomic E-state index is 9.37. The van der Waals surface area contributed by atoms with Crippen LogP contribution in [0.4, 0.5) is 0 Å². The molecule has 0 heterocycles. The largest absolute Gasteiger partial charge is 4.00 e. The van der Waals surface area contributed by atoms with Gasteiger partial charge in [0.15, 0.2) is 0 Å². The number of hydrogen-bond donors (Lipinski definition) is 0. The Morgan fingerprint density at radius 3 is 1.07 bits per heavy atom. The van der Waals surface area contributed by atoms with Crippen LogP contribution in [0, 0.1) is 0 Å². The van der Waals surface area contributed by atoms with Crippen molar-refractivity contribution in [2.75, 3.05) is 0 Å². The molecule has 0 N–H and O–H groups in total. The van der Waals surface area contributed by atoms with E-state index in [2.05, 4.69) is 8.67 Å². The third kappa shape index (κ3) is 29.4. The fourth-order valence-electron chi connectivity index (χ4n) is 0.0680. The summed E-state index contributed by atoms with van der Waals surface area (Å²) in [4.78, 5) is 0. The SMILES string of the molecule is O=S(=O)([O-])OOS(=O)(=O)[O-].[Fe+4].[O-]S[O-]. The standard InChI is InChI=1S/Fe.H2O8S2.H2O2S/c;1-9(2,3)7-8-10(4,5)6;1-3-2/h;(H,1,2,3)(H,4,5,6);1-2H/q+4;;/p-4.